The van der Waals surface area contributed by atoms with Crippen LogP contribution in [0.25, 0.3) is 0 Å². The molecule has 88 valence electrons. The Labute approximate surface area is 111 Å². The van der Waals surface area contributed by atoms with Crippen molar-refractivity contribution in [2.24, 2.45) is 0 Å². The van der Waals surface area contributed by atoms with Gasteiger partial charge in [0.25, 0.3) is 0 Å². The average molecular weight is 313 g/mol. The molecule has 1 nitrogen and oxygen atoms in total. The number of carbonyl (C=O) groups excluding carboxylic acids is 1. The lowest BCUT2D eigenvalue weighted by atomic mass is 10.1. The van der Waals surface area contributed by atoms with Gasteiger partial charge < -0.3 is 0 Å². The van der Waals surface area contributed by atoms with Gasteiger partial charge in [-0.1, -0.05) is 6.92 Å². The summed E-state index contributed by atoms with van der Waals surface area (Å²) in [4.78, 5) is 14.0. The van der Waals surface area contributed by atoms with Crippen LogP contribution in [0.2, 0.25) is 0 Å². The zero-order chi connectivity index (χ0) is 12.4. The monoisotopic (exact) mass is 312 g/mol. The maximum Gasteiger partial charge on any atom is 0.204 e. The molecule has 0 aliphatic carbocycles. The first-order valence-corrected chi connectivity index (χ1v) is 6.81. The summed E-state index contributed by atoms with van der Waals surface area (Å²) < 4.78 is 13.4. The summed E-state index contributed by atoms with van der Waals surface area (Å²) in [5.74, 6) is -0.421. The van der Waals surface area contributed by atoms with E-state index in [0.29, 0.717) is 14.9 Å². The molecule has 0 spiro atoms. The quantitative estimate of drug-likeness (QED) is 0.766. The zero-order valence-corrected chi connectivity index (χ0v) is 11.6. The van der Waals surface area contributed by atoms with Crippen molar-refractivity contribution in [3.05, 3.63) is 55.9 Å². The number of aryl methyl sites for hydroxylation is 1. The third kappa shape index (κ3) is 2.64. The molecule has 0 fully saturated rings. The van der Waals surface area contributed by atoms with Gasteiger partial charge in [-0.2, -0.15) is 0 Å². The summed E-state index contributed by atoms with van der Waals surface area (Å²) in [6, 6.07) is 7.89. The third-order valence-corrected chi connectivity index (χ3v) is 4.29. The predicted octanol–water partition coefficient (Wildman–Crippen LogP) is 4.44. The molecule has 1 aromatic heterocycles. The largest absolute Gasteiger partial charge is 0.288 e. The lowest BCUT2D eigenvalue weighted by Gasteiger charge is -2.01. The molecule has 0 unspecified atom stereocenters. The first kappa shape index (κ1) is 12.5. The van der Waals surface area contributed by atoms with Gasteiger partial charge in [-0.25, -0.2) is 4.39 Å². The van der Waals surface area contributed by atoms with Gasteiger partial charge in [0, 0.05) is 14.9 Å². The zero-order valence-electron chi connectivity index (χ0n) is 9.17. The Hall–Kier alpha value is -1.00. The predicted molar refractivity (Wildman–Crippen MR) is 71.2 cm³/mol. The SMILES string of the molecule is CCc1ccc(C(=O)c2ccc(F)cc2Br)s1. The molecule has 0 amide bonds. The van der Waals surface area contributed by atoms with Crippen LogP contribution in [0.15, 0.2) is 34.8 Å². The van der Waals surface area contributed by atoms with Gasteiger partial charge in [0.1, 0.15) is 5.82 Å². The van der Waals surface area contributed by atoms with Gasteiger partial charge >= 0.3 is 0 Å². The van der Waals surface area contributed by atoms with Gasteiger partial charge in [0.15, 0.2) is 0 Å². The Bertz CT molecular complexity index is 562. The van der Waals surface area contributed by atoms with E-state index in [2.05, 4.69) is 15.9 Å². The van der Waals surface area contributed by atoms with Crippen LogP contribution in [0.3, 0.4) is 0 Å². The fourth-order valence-electron chi connectivity index (χ4n) is 1.50. The van der Waals surface area contributed by atoms with E-state index < -0.39 is 0 Å². The molecule has 0 N–H and O–H groups in total. The van der Waals surface area contributed by atoms with Crippen LogP contribution < -0.4 is 0 Å². The number of hydrogen-bond acceptors (Lipinski definition) is 2. The Balaban J connectivity index is 2.36. The average Bonchev–Trinajstić information content (AvgIpc) is 2.76. The Morgan fingerprint density at radius 2 is 2.12 bits per heavy atom. The molecule has 0 saturated heterocycles. The number of halogens is 2. The molecule has 4 heteroatoms. The number of ketones is 1. The number of carbonyl (C=O) groups is 1. The maximum atomic E-state index is 12.9. The van der Waals surface area contributed by atoms with Crippen LogP contribution in [-0.4, -0.2) is 5.78 Å². The molecule has 2 rings (SSSR count). The first-order chi connectivity index (χ1) is 8.11. The van der Waals surface area contributed by atoms with Gasteiger partial charge in [-0.05, 0) is 52.7 Å². The summed E-state index contributed by atoms with van der Waals surface area (Å²) in [6.07, 6.45) is 0.919. The van der Waals surface area contributed by atoms with Crippen molar-refractivity contribution in [1.29, 1.82) is 0 Å². The fourth-order valence-corrected chi connectivity index (χ4v) is 2.93. The van der Waals surface area contributed by atoms with Crippen molar-refractivity contribution in [2.75, 3.05) is 0 Å². The molecule has 1 heterocycles. The van der Waals surface area contributed by atoms with E-state index in [-0.39, 0.29) is 11.6 Å². The van der Waals surface area contributed by atoms with Crippen molar-refractivity contribution in [3.63, 3.8) is 0 Å². The van der Waals surface area contributed by atoms with E-state index in [0.717, 1.165) is 6.42 Å². The molecular formula is C13H10BrFOS. The minimum atomic E-state index is -0.353. The van der Waals surface area contributed by atoms with Crippen LogP contribution in [0, 0.1) is 5.82 Å². The van der Waals surface area contributed by atoms with Crippen LogP contribution in [-0.2, 0) is 6.42 Å². The molecular weight excluding hydrogens is 303 g/mol. The van der Waals surface area contributed by atoms with E-state index in [1.807, 2.05) is 19.1 Å². The first-order valence-electron chi connectivity index (χ1n) is 5.20. The lowest BCUT2D eigenvalue weighted by Crippen LogP contribution is -1.99. The normalized spacial score (nSPS) is 10.5. The highest BCUT2D eigenvalue weighted by Gasteiger charge is 2.14. The highest BCUT2D eigenvalue weighted by molar-refractivity contribution is 9.10. The van der Waals surface area contributed by atoms with Gasteiger partial charge in [-0.3, -0.25) is 4.79 Å². The minimum absolute atomic E-state index is 0.0680. The van der Waals surface area contributed by atoms with Crippen molar-refractivity contribution in [2.45, 2.75) is 13.3 Å². The molecule has 2 aromatic rings. The molecule has 0 atom stereocenters. The van der Waals surface area contributed by atoms with Crippen molar-refractivity contribution < 1.29 is 9.18 Å². The smallest absolute Gasteiger partial charge is 0.204 e. The van der Waals surface area contributed by atoms with E-state index in [1.54, 1.807) is 0 Å². The molecule has 0 saturated carbocycles. The third-order valence-electron chi connectivity index (χ3n) is 2.41. The lowest BCUT2D eigenvalue weighted by molar-refractivity contribution is 0.104. The van der Waals surface area contributed by atoms with Crippen LogP contribution >= 0.6 is 27.3 Å². The summed E-state index contributed by atoms with van der Waals surface area (Å²) in [7, 11) is 0. The van der Waals surface area contributed by atoms with Gasteiger partial charge in [0.2, 0.25) is 5.78 Å². The molecule has 17 heavy (non-hydrogen) atoms. The highest BCUT2D eigenvalue weighted by atomic mass is 79.9. The Kier molecular flexibility index (Phi) is 3.74. The van der Waals surface area contributed by atoms with E-state index in [9.17, 15) is 9.18 Å². The van der Waals surface area contributed by atoms with Gasteiger partial charge in [0.05, 0.1) is 4.88 Å². The Morgan fingerprint density at radius 1 is 1.35 bits per heavy atom. The summed E-state index contributed by atoms with van der Waals surface area (Å²) in [5, 5.41) is 0. The minimum Gasteiger partial charge on any atom is -0.288 e. The number of hydrogen-bond donors (Lipinski definition) is 0. The van der Waals surface area contributed by atoms with Crippen LogP contribution in [0.1, 0.15) is 27.0 Å². The number of thiophene rings is 1. The molecule has 0 aliphatic heterocycles. The molecule has 1 aromatic carbocycles. The van der Waals surface area contributed by atoms with E-state index in [1.165, 1.54) is 34.4 Å². The van der Waals surface area contributed by atoms with Crippen LogP contribution in [0.4, 0.5) is 4.39 Å². The topological polar surface area (TPSA) is 17.1 Å². The summed E-state index contributed by atoms with van der Waals surface area (Å²) >= 11 is 4.70. The number of rotatable bonds is 3. The van der Waals surface area contributed by atoms with Crippen molar-refractivity contribution in [3.8, 4) is 0 Å². The van der Waals surface area contributed by atoms with Gasteiger partial charge in [-0.15, -0.1) is 11.3 Å². The molecule has 0 bridgehead atoms. The standard InChI is InChI=1S/C13H10BrFOS/c1-2-9-4-6-12(17-9)13(16)10-5-3-8(15)7-11(10)14/h3-7H,2H2,1H3. The maximum absolute atomic E-state index is 12.9. The van der Waals surface area contributed by atoms with E-state index >= 15 is 0 Å². The molecule has 0 radical (unpaired) electrons. The van der Waals surface area contributed by atoms with E-state index in [4.69, 9.17) is 0 Å². The second-order valence-electron chi connectivity index (χ2n) is 3.57. The second kappa shape index (κ2) is 5.10. The second-order valence-corrected chi connectivity index (χ2v) is 5.60. The fraction of sp³-hybridized carbons (Fsp3) is 0.154. The van der Waals surface area contributed by atoms with Crippen LogP contribution in [0.5, 0.6) is 0 Å². The summed E-state index contributed by atoms with van der Waals surface area (Å²) in [6.45, 7) is 2.05. The highest BCUT2D eigenvalue weighted by Crippen LogP contribution is 2.25. The number of benzene rings is 1. The van der Waals surface area contributed by atoms with Crippen molar-refractivity contribution in [1.82, 2.24) is 0 Å². The van der Waals surface area contributed by atoms with Crippen molar-refractivity contribution >= 4 is 33.0 Å². The Morgan fingerprint density at radius 3 is 2.71 bits per heavy atom. The summed E-state index contributed by atoms with van der Waals surface area (Å²) in [5.41, 5.74) is 0.496. The molecule has 0 aliphatic rings.